The van der Waals surface area contributed by atoms with Crippen LogP contribution in [0.3, 0.4) is 0 Å². The van der Waals surface area contributed by atoms with Gasteiger partial charge in [0.25, 0.3) is 0 Å². The Balaban J connectivity index is 1.59. The van der Waals surface area contributed by atoms with Crippen LogP contribution >= 0.6 is 0 Å². The maximum atomic E-state index is 12.9. The molecule has 1 atom stereocenters. The van der Waals surface area contributed by atoms with Gasteiger partial charge < -0.3 is 15.3 Å². The van der Waals surface area contributed by atoms with Gasteiger partial charge in [0.2, 0.25) is 5.95 Å². The summed E-state index contributed by atoms with van der Waals surface area (Å²) in [4.78, 5) is 25.5. The molecule has 1 saturated heterocycles. The third-order valence-electron chi connectivity index (χ3n) is 5.74. The van der Waals surface area contributed by atoms with E-state index in [9.17, 15) is 23.1 Å². The summed E-state index contributed by atoms with van der Waals surface area (Å²) in [5.41, 5.74) is 0.982. The van der Waals surface area contributed by atoms with Crippen molar-refractivity contribution in [3.63, 3.8) is 0 Å². The predicted octanol–water partition coefficient (Wildman–Crippen LogP) is 5.05. The second kappa shape index (κ2) is 8.34. The summed E-state index contributed by atoms with van der Waals surface area (Å²) >= 11 is 0. The molecule has 0 spiro atoms. The minimum atomic E-state index is -4.56. The lowest BCUT2D eigenvalue weighted by Crippen LogP contribution is -2.48. The largest absolute Gasteiger partial charge is 0.480 e. The van der Waals surface area contributed by atoms with E-state index in [1.807, 2.05) is 19.1 Å². The Labute approximate surface area is 188 Å². The molecule has 2 N–H and O–H groups in total. The predicted molar refractivity (Wildman–Crippen MR) is 117 cm³/mol. The molecule has 1 aromatic carbocycles. The van der Waals surface area contributed by atoms with Crippen molar-refractivity contribution in [2.75, 3.05) is 16.8 Å². The summed E-state index contributed by atoms with van der Waals surface area (Å²) in [5.74, 6) is -0.446. The Bertz CT molecular complexity index is 1180. The topological polar surface area (TPSA) is 91.2 Å². The highest BCUT2D eigenvalue weighted by Crippen LogP contribution is 2.34. The zero-order valence-electron chi connectivity index (χ0n) is 18.0. The van der Waals surface area contributed by atoms with E-state index in [2.05, 4.69) is 20.3 Å². The van der Waals surface area contributed by atoms with Gasteiger partial charge in [-0.1, -0.05) is 6.07 Å². The molecule has 0 bridgehead atoms. The normalized spacial score (nSPS) is 18.4. The number of aromatic nitrogens is 3. The molecule has 33 heavy (non-hydrogen) atoms. The van der Waals surface area contributed by atoms with Gasteiger partial charge in [-0.3, -0.25) is 0 Å². The molecule has 1 aliphatic heterocycles. The fourth-order valence-electron chi connectivity index (χ4n) is 4.00. The molecule has 0 aliphatic carbocycles. The summed E-state index contributed by atoms with van der Waals surface area (Å²) in [6, 6.07) is 9.92. The number of aryl methyl sites for hydroxylation is 1. The van der Waals surface area contributed by atoms with E-state index >= 15 is 0 Å². The SMILES string of the molecule is Cc1cc(Nc2nccc(C(F)(F)F)n2)cc(-c2ccc(N3CCC[C@@]3(C)C(=O)O)nc2)c1. The van der Waals surface area contributed by atoms with Crippen LogP contribution in [0.25, 0.3) is 11.1 Å². The molecule has 2 aromatic heterocycles. The van der Waals surface area contributed by atoms with E-state index in [-0.39, 0.29) is 5.95 Å². The van der Waals surface area contributed by atoms with Crippen LogP contribution < -0.4 is 10.2 Å². The molecular formula is C23H22F3N5O2. The van der Waals surface area contributed by atoms with Crippen molar-refractivity contribution < 1.29 is 23.1 Å². The van der Waals surface area contributed by atoms with Crippen LogP contribution in [0.1, 0.15) is 31.0 Å². The zero-order chi connectivity index (χ0) is 23.8. The molecule has 0 unspecified atom stereocenters. The Hall–Kier alpha value is -3.69. The van der Waals surface area contributed by atoms with Crippen molar-refractivity contribution in [3.8, 4) is 11.1 Å². The van der Waals surface area contributed by atoms with E-state index in [1.54, 1.807) is 36.2 Å². The van der Waals surface area contributed by atoms with Gasteiger partial charge in [0, 0.05) is 30.2 Å². The number of anilines is 3. The lowest BCUT2D eigenvalue weighted by molar-refractivity contribution is -0.142. The number of pyridine rings is 1. The molecule has 7 nitrogen and oxygen atoms in total. The molecule has 1 aliphatic rings. The number of hydrogen-bond donors (Lipinski definition) is 2. The average molecular weight is 457 g/mol. The number of nitrogens with one attached hydrogen (secondary N) is 1. The standard InChI is InChI=1S/C23H22F3N5O2/c1-14-10-16(12-17(11-14)29-21-27-8-6-18(30-21)23(24,25)26)15-4-5-19(28-13-15)31-9-3-7-22(31,2)20(32)33/h4-6,8,10-13H,3,7,9H2,1-2H3,(H,32,33)(H,27,29,30)/t22-/m0/s1. The summed E-state index contributed by atoms with van der Waals surface area (Å²) in [6.45, 7) is 4.18. The Morgan fingerprint density at radius 2 is 1.94 bits per heavy atom. The number of benzene rings is 1. The summed E-state index contributed by atoms with van der Waals surface area (Å²) in [7, 11) is 0. The van der Waals surface area contributed by atoms with Gasteiger partial charge in [-0.25, -0.2) is 19.7 Å². The van der Waals surface area contributed by atoms with Crippen molar-refractivity contribution in [3.05, 3.63) is 60.0 Å². The van der Waals surface area contributed by atoms with Crippen molar-refractivity contribution in [2.24, 2.45) is 0 Å². The summed E-state index contributed by atoms with van der Waals surface area (Å²) in [6.07, 6.45) is -0.514. The lowest BCUT2D eigenvalue weighted by Gasteiger charge is -2.32. The van der Waals surface area contributed by atoms with Crippen LogP contribution in [-0.4, -0.2) is 38.1 Å². The first kappa shape index (κ1) is 22.5. The molecule has 3 aromatic rings. The number of hydrogen-bond acceptors (Lipinski definition) is 6. The average Bonchev–Trinajstić information content (AvgIpc) is 3.16. The fourth-order valence-corrected chi connectivity index (χ4v) is 4.00. The molecule has 172 valence electrons. The highest BCUT2D eigenvalue weighted by Gasteiger charge is 2.44. The van der Waals surface area contributed by atoms with E-state index in [1.165, 1.54) is 0 Å². The smallest absolute Gasteiger partial charge is 0.433 e. The molecule has 0 saturated carbocycles. The van der Waals surface area contributed by atoms with Gasteiger partial charge in [-0.15, -0.1) is 0 Å². The maximum absolute atomic E-state index is 12.9. The number of carbonyl (C=O) groups is 1. The number of nitrogens with zero attached hydrogens (tertiary/aromatic N) is 4. The van der Waals surface area contributed by atoms with Gasteiger partial charge in [-0.2, -0.15) is 13.2 Å². The van der Waals surface area contributed by atoms with E-state index in [0.717, 1.165) is 35.4 Å². The first-order chi connectivity index (χ1) is 15.6. The van der Waals surface area contributed by atoms with Gasteiger partial charge in [0.1, 0.15) is 17.1 Å². The fraction of sp³-hybridized carbons (Fsp3) is 0.304. The number of halogens is 3. The highest BCUT2D eigenvalue weighted by molar-refractivity contribution is 5.83. The van der Waals surface area contributed by atoms with Gasteiger partial charge in [-0.05, 0) is 68.1 Å². The molecule has 10 heteroatoms. The quantitative estimate of drug-likeness (QED) is 0.554. The molecule has 4 rings (SSSR count). The van der Waals surface area contributed by atoms with E-state index < -0.39 is 23.4 Å². The van der Waals surface area contributed by atoms with Crippen LogP contribution in [0.2, 0.25) is 0 Å². The summed E-state index contributed by atoms with van der Waals surface area (Å²) < 4.78 is 38.8. The van der Waals surface area contributed by atoms with Crippen molar-refractivity contribution >= 4 is 23.4 Å². The van der Waals surface area contributed by atoms with Crippen LogP contribution in [0.15, 0.2) is 48.8 Å². The molecule has 0 radical (unpaired) electrons. The van der Waals surface area contributed by atoms with Gasteiger partial charge in [0.05, 0.1) is 0 Å². The lowest BCUT2D eigenvalue weighted by atomic mass is 9.99. The highest BCUT2D eigenvalue weighted by atomic mass is 19.4. The number of carboxylic acids is 1. The number of carboxylic acid groups (broad SMARTS) is 1. The van der Waals surface area contributed by atoms with Crippen LogP contribution in [0.4, 0.5) is 30.6 Å². The second-order valence-electron chi connectivity index (χ2n) is 8.22. The Kier molecular flexibility index (Phi) is 5.69. The van der Waals surface area contributed by atoms with E-state index in [0.29, 0.717) is 24.5 Å². The minimum absolute atomic E-state index is 0.156. The van der Waals surface area contributed by atoms with Gasteiger partial charge >= 0.3 is 12.1 Å². The minimum Gasteiger partial charge on any atom is -0.480 e. The molecule has 1 fully saturated rings. The number of aliphatic carboxylic acids is 1. The van der Waals surface area contributed by atoms with Crippen molar-refractivity contribution in [1.82, 2.24) is 15.0 Å². The van der Waals surface area contributed by atoms with E-state index in [4.69, 9.17) is 0 Å². The Morgan fingerprint density at radius 1 is 1.15 bits per heavy atom. The van der Waals surface area contributed by atoms with Crippen LogP contribution in [-0.2, 0) is 11.0 Å². The maximum Gasteiger partial charge on any atom is 0.433 e. The second-order valence-corrected chi connectivity index (χ2v) is 8.22. The van der Waals surface area contributed by atoms with Crippen LogP contribution in [0.5, 0.6) is 0 Å². The van der Waals surface area contributed by atoms with Crippen LogP contribution in [0, 0.1) is 6.92 Å². The van der Waals surface area contributed by atoms with Crippen molar-refractivity contribution in [2.45, 2.75) is 38.4 Å². The molecule has 3 heterocycles. The zero-order valence-corrected chi connectivity index (χ0v) is 18.0. The first-order valence-electron chi connectivity index (χ1n) is 10.3. The first-order valence-corrected chi connectivity index (χ1v) is 10.3. The molecule has 0 amide bonds. The molecular weight excluding hydrogens is 435 g/mol. The number of rotatable bonds is 5. The Morgan fingerprint density at radius 3 is 2.61 bits per heavy atom. The third-order valence-corrected chi connectivity index (χ3v) is 5.74. The number of alkyl halides is 3. The third kappa shape index (κ3) is 4.59. The monoisotopic (exact) mass is 457 g/mol. The van der Waals surface area contributed by atoms with Gasteiger partial charge in [0.15, 0.2) is 0 Å². The summed E-state index contributed by atoms with van der Waals surface area (Å²) in [5, 5.41) is 12.5. The van der Waals surface area contributed by atoms with Crippen molar-refractivity contribution in [1.29, 1.82) is 0 Å².